The summed E-state index contributed by atoms with van der Waals surface area (Å²) in [5.74, 6) is 0. The van der Waals surface area contributed by atoms with E-state index in [9.17, 15) is 0 Å². The van der Waals surface area contributed by atoms with Crippen LogP contribution in [0.2, 0.25) is 5.15 Å². The van der Waals surface area contributed by atoms with Crippen LogP contribution in [-0.4, -0.2) is 11.1 Å². The van der Waals surface area contributed by atoms with Gasteiger partial charge >= 0.3 is 0 Å². The predicted molar refractivity (Wildman–Crippen MR) is 82.9 cm³/mol. The average molecular weight is 291 g/mol. The van der Waals surface area contributed by atoms with Gasteiger partial charge in [-0.1, -0.05) is 35.9 Å². The minimum atomic E-state index is 0.246. The number of nitrogens with zero attached hydrogens (tertiary/aromatic N) is 1. The monoisotopic (exact) mass is 290 g/mol. The molecule has 0 spiro atoms. The molecule has 2 aromatic rings. The molecule has 0 atom stereocenters. The molecule has 0 aliphatic carbocycles. The summed E-state index contributed by atoms with van der Waals surface area (Å²) in [7, 11) is 0. The highest BCUT2D eigenvalue weighted by atomic mass is 35.5. The molecule has 0 unspecified atom stereocenters. The van der Waals surface area contributed by atoms with Crippen molar-refractivity contribution in [1.29, 1.82) is 0 Å². The van der Waals surface area contributed by atoms with E-state index in [1.54, 1.807) is 6.20 Å². The number of halogens is 1. The second-order valence-electron chi connectivity index (χ2n) is 4.90. The van der Waals surface area contributed by atoms with Crippen molar-refractivity contribution in [3.05, 3.63) is 58.9 Å². The standard InChI is InChI=1S/C16H19ClN2O/c1-12(2)20-11-14-5-3-4-13(8-14)10-19-15-6-7-18-16(17)9-15/h3-9,12H,10-11H2,1-2H3,(H,18,19). The summed E-state index contributed by atoms with van der Waals surface area (Å²) in [6.07, 6.45) is 1.94. The van der Waals surface area contributed by atoms with Crippen LogP contribution in [0.3, 0.4) is 0 Å². The van der Waals surface area contributed by atoms with E-state index in [1.807, 2.05) is 26.0 Å². The Hall–Kier alpha value is -1.58. The molecule has 1 heterocycles. The molecule has 0 aliphatic heterocycles. The number of hydrogen-bond acceptors (Lipinski definition) is 3. The van der Waals surface area contributed by atoms with Gasteiger partial charge in [-0.05, 0) is 37.1 Å². The van der Waals surface area contributed by atoms with Crippen LogP contribution in [0.5, 0.6) is 0 Å². The fraction of sp³-hybridized carbons (Fsp3) is 0.312. The van der Waals surface area contributed by atoms with Crippen molar-refractivity contribution in [2.45, 2.75) is 33.1 Å². The third-order valence-electron chi connectivity index (χ3n) is 2.80. The third-order valence-corrected chi connectivity index (χ3v) is 3.00. The van der Waals surface area contributed by atoms with E-state index < -0.39 is 0 Å². The van der Waals surface area contributed by atoms with Crippen LogP contribution in [0.15, 0.2) is 42.6 Å². The largest absolute Gasteiger partial charge is 0.381 e. The van der Waals surface area contributed by atoms with Gasteiger partial charge in [0.2, 0.25) is 0 Å². The number of aromatic nitrogens is 1. The van der Waals surface area contributed by atoms with Gasteiger partial charge in [0.25, 0.3) is 0 Å². The Labute approximate surface area is 124 Å². The van der Waals surface area contributed by atoms with Crippen molar-refractivity contribution in [2.75, 3.05) is 5.32 Å². The van der Waals surface area contributed by atoms with E-state index in [4.69, 9.17) is 16.3 Å². The van der Waals surface area contributed by atoms with Crippen LogP contribution >= 0.6 is 11.6 Å². The first-order chi connectivity index (χ1) is 9.63. The molecule has 0 saturated heterocycles. The smallest absolute Gasteiger partial charge is 0.131 e. The van der Waals surface area contributed by atoms with Crippen molar-refractivity contribution < 1.29 is 4.74 Å². The minimum absolute atomic E-state index is 0.246. The molecule has 1 aromatic heterocycles. The first-order valence-electron chi connectivity index (χ1n) is 6.68. The summed E-state index contributed by atoms with van der Waals surface area (Å²) in [6, 6.07) is 12.1. The summed E-state index contributed by atoms with van der Waals surface area (Å²) in [6.45, 7) is 5.47. The number of rotatable bonds is 6. The lowest BCUT2D eigenvalue weighted by atomic mass is 10.1. The summed E-state index contributed by atoms with van der Waals surface area (Å²) >= 11 is 5.86. The Morgan fingerprint density at radius 1 is 1.20 bits per heavy atom. The van der Waals surface area contributed by atoms with Crippen molar-refractivity contribution in [3.63, 3.8) is 0 Å². The normalized spacial score (nSPS) is 10.8. The molecule has 0 radical (unpaired) electrons. The van der Waals surface area contributed by atoms with Gasteiger partial charge in [-0.25, -0.2) is 4.98 Å². The van der Waals surface area contributed by atoms with Crippen LogP contribution in [0.4, 0.5) is 5.69 Å². The van der Waals surface area contributed by atoms with Gasteiger partial charge in [0.1, 0.15) is 5.15 Å². The molecule has 1 aromatic carbocycles. The van der Waals surface area contributed by atoms with Gasteiger partial charge in [-0.3, -0.25) is 0 Å². The molecule has 0 bridgehead atoms. The summed E-state index contributed by atoms with van der Waals surface area (Å²) in [5.41, 5.74) is 3.36. The molecule has 3 nitrogen and oxygen atoms in total. The molecular weight excluding hydrogens is 272 g/mol. The fourth-order valence-electron chi connectivity index (χ4n) is 1.81. The second kappa shape index (κ2) is 7.27. The number of nitrogens with one attached hydrogen (secondary N) is 1. The van der Waals surface area contributed by atoms with Crippen LogP contribution < -0.4 is 5.32 Å². The van der Waals surface area contributed by atoms with Crippen molar-refractivity contribution in [3.8, 4) is 0 Å². The predicted octanol–water partition coefficient (Wildman–Crippen LogP) is 4.27. The van der Waals surface area contributed by atoms with Gasteiger partial charge in [-0.15, -0.1) is 0 Å². The molecule has 2 rings (SSSR count). The quantitative estimate of drug-likeness (QED) is 0.807. The van der Waals surface area contributed by atoms with E-state index in [1.165, 1.54) is 11.1 Å². The molecule has 20 heavy (non-hydrogen) atoms. The van der Waals surface area contributed by atoms with E-state index in [2.05, 4.69) is 34.6 Å². The highest BCUT2D eigenvalue weighted by Gasteiger charge is 2.00. The summed E-state index contributed by atoms with van der Waals surface area (Å²) < 4.78 is 5.62. The number of ether oxygens (including phenoxy) is 1. The maximum atomic E-state index is 5.86. The topological polar surface area (TPSA) is 34.1 Å². The van der Waals surface area contributed by atoms with Crippen molar-refractivity contribution >= 4 is 17.3 Å². The Morgan fingerprint density at radius 3 is 2.75 bits per heavy atom. The highest BCUT2D eigenvalue weighted by molar-refractivity contribution is 6.29. The lowest BCUT2D eigenvalue weighted by Crippen LogP contribution is -2.04. The summed E-state index contributed by atoms with van der Waals surface area (Å²) in [4.78, 5) is 3.96. The lowest BCUT2D eigenvalue weighted by Gasteiger charge is -2.10. The van der Waals surface area contributed by atoms with Crippen molar-refractivity contribution in [1.82, 2.24) is 4.98 Å². The molecule has 0 saturated carbocycles. The van der Waals surface area contributed by atoms with Gasteiger partial charge in [-0.2, -0.15) is 0 Å². The van der Waals surface area contributed by atoms with Crippen molar-refractivity contribution in [2.24, 2.45) is 0 Å². The van der Waals surface area contributed by atoms with Crippen LogP contribution in [-0.2, 0) is 17.9 Å². The van der Waals surface area contributed by atoms with Gasteiger partial charge in [0.15, 0.2) is 0 Å². The zero-order valence-corrected chi connectivity index (χ0v) is 12.5. The summed E-state index contributed by atoms with van der Waals surface area (Å²) in [5, 5.41) is 3.82. The SMILES string of the molecule is CC(C)OCc1cccc(CNc2ccnc(Cl)c2)c1. The molecule has 106 valence electrons. The van der Waals surface area contributed by atoms with Crippen LogP contribution in [0.1, 0.15) is 25.0 Å². The highest BCUT2D eigenvalue weighted by Crippen LogP contribution is 2.14. The Kier molecular flexibility index (Phi) is 5.39. The lowest BCUT2D eigenvalue weighted by molar-refractivity contribution is 0.0657. The van der Waals surface area contributed by atoms with Gasteiger partial charge in [0.05, 0.1) is 12.7 Å². The maximum Gasteiger partial charge on any atom is 0.131 e. The van der Waals surface area contributed by atoms with Gasteiger partial charge in [0, 0.05) is 18.4 Å². The molecule has 0 fully saturated rings. The number of hydrogen-bond donors (Lipinski definition) is 1. The van der Waals surface area contributed by atoms with Crippen LogP contribution in [0, 0.1) is 0 Å². The molecule has 4 heteroatoms. The molecular formula is C16H19ClN2O. The zero-order chi connectivity index (χ0) is 14.4. The second-order valence-corrected chi connectivity index (χ2v) is 5.29. The maximum absolute atomic E-state index is 5.86. The average Bonchev–Trinajstić information content (AvgIpc) is 2.43. The number of benzene rings is 1. The fourth-order valence-corrected chi connectivity index (χ4v) is 1.98. The van der Waals surface area contributed by atoms with Crippen LogP contribution in [0.25, 0.3) is 0 Å². The third kappa shape index (κ3) is 4.83. The Bertz CT molecular complexity index is 558. The first-order valence-corrected chi connectivity index (χ1v) is 7.06. The Balaban J connectivity index is 1.94. The minimum Gasteiger partial charge on any atom is -0.381 e. The van der Waals surface area contributed by atoms with E-state index in [-0.39, 0.29) is 6.10 Å². The van der Waals surface area contributed by atoms with E-state index in [0.717, 1.165) is 12.2 Å². The first kappa shape index (κ1) is 14.8. The van der Waals surface area contributed by atoms with Gasteiger partial charge < -0.3 is 10.1 Å². The van der Waals surface area contributed by atoms with E-state index >= 15 is 0 Å². The number of pyridine rings is 1. The molecule has 1 N–H and O–H groups in total. The molecule has 0 aliphatic rings. The Morgan fingerprint density at radius 2 is 2.00 bits per heavy atom. The molecule has 0 amide bonds. The van der Waals surface area contributed by atoms with E-state index in [0.29, 0.717) is 11.8 Å². The zero-order valence-electron chi connectivity index (χ0n) is 11.8. The number of anilines is 1.